The van der Waals surface area contributed by atoms with Gasteiger partial charge in [0.15, 0.2) is 0 Å². The summed E-state index contributed by atoms with van der Waals surface area (Å²) in [6, 6.07) is 0. The molecule has 0 fully saturated rings. The minimum Gasteiger partial charge on any atom is -0.392 e. The van der Waals surface area contributed by atoms with Crippen LogP contribution in [0.2, 0.25) is 0 Å². The van der Waals surface area contributed by atoms with Gasteiger partial charge in [-0.25, -0.2) is 0 Å². The summed E-state index contributed by atoms with van der Waals surface area (Å²) in [5.74, 6) is -0.335. The Balaban J connectivity index is 2.74. The number of thioether (sulfide) groups is 1. The van der Waals surface area contributed by atoms with Gasteiger partial charge in [0.25, 0.3) is 5.91 Å². The van der Waals surface area contributed by atoms with E-state index in [1.54, 1.807) is 17.8 Å². The number of carbonyl (C=O) groups excluding carboxylic acids is 1. The van der Waals surface area contributed by atoms with Crippen LogP contribution in [-0.4, -0.2) is 22.2 Å². The number of rotatable bonds is 9. The molecule has 0 unspecified atom stereocenters. The summed E-state index contributed by atoms with van der Waals surface area (Å²) in [7, 11) is 0. The number of hydrogen-bond acceptors (Lipinski definition) is 3. The molecule has 0 aliphatic heterocycles. The molecule has 3 N–H and O–H groups in total. The van der Waals surface area contributed by atoms with E-state index in [1.165, 1.54) is 0 Å². The highest BCUT2D eigenvalue weighted by atomic mass is 35.5. The van der Waals surface area contributed by atoms with E-state index >= 15 is 0 Å². The maximum Gasteiger partial charge on any atom is 0.250 e. The lowest BCUT2D eigenvalue weighted by atomic mass is 10.0. The quantitative estimate of drug-likeness (QED) is 0.402. The topological polar surface area (TPSA) is 68.2 Å². The molecule has 0 aromatic carbocycles. The van der Waals surface area contributed by atoms with Crippen LogP contribution in [0.15, 0.2) is 75.2 Å². The molecular formula is C26H33ClN2O2S. The van der Waals surface area contributed by atoms with E-state index in [-0.39, 0.29) is 12.5 Å². The average Bonchev–Trinajstić information content (AvgIpc) is 2.98. The minimum atomic E-state index is -0.428. The molecule has 6 heteroatoms. The second kappa shape index (κ2) is 12.1. The molecule has 0 atom stereocenters. The zero-order chi connectivity index (χ0) is 23.8. The molecule has 32 heavy (non-hydrogen) atoms. The van der Waals surface area contributed by atoms with Crippen LogP contribution in [0.5, 0.6) is 0 Å². The highest BCUT2D eigenvalue weighted by Gasteiger charge is 2.26. The van der Waals surface area contributed by atoms with Crippen molar-refractivity contribution < 1.29 is 9.90 Å². The van der Waals surface area contributed by atoms with Crippen LogP contribution >= 0.6 is 23.4 Å². The Morgan fingerprint density at radius 3 is 2.69 bits per heavy atom. The van der Waals surface area contributed by atoms with Crippen molar-refractivity contribution in [3.63, 3.8) is 0 Å². The first-order valence-corrected chi connectivity index (χ1v) is 11.9. The summed E-state index contributed by atoms with van der Waals surface area (Å²) in [6.07, 6.45) is 15.2. The maximum absolute atomic E-state index is 12.5. The first-order valence-electron chi connectivity index (χ1n) is 10.8. The fourth-order valence-corrected chi connectivity index (χ4v) is 5.48. The van der Waals surface area contributed by atoms with Gasteiger partial charge in [0.2, 0.25) is 0 Å². The first kappa shape index (κ1) is 26.0. The predicted molar refractivity (Wildman–Crippen MR) is 137 cm³/mol. The number of aromatic nitrogens is 1. The number of nitrogens with zero attached hydrogens (tertiary/aromatic N) is 1. The van der Waals surface area contributed by atoms with Crippen LogP contribution in [0, 0.1) is 6.92 Å². The van der Waals surface area contributed by atoms with Crippen molar-refractivity contribution in [2.75, 3.05) is 6.61 Å². The Bertz CT molecular complexity index is 1020. The molecule has 0 spiro atoms. The normalized spacial score (nSPS) is 20.2. The largest absolute Gasteiger partial charge is 0.392 e. The predicted octanol–water partition coefficient (Wildman–Crippen LogP) is 6.52. The van der Waals surface area contributed by atoms with Gasteiger partial charge in [-0.05, 0) is 61.5 Å². The van der Waals surface area contributed by atoms with Gasteiger partial charge in [0, 0.05) is 22.2 Å². The molecule has 1 aliphatic carbocycles. The van der Waals surface area contributed by atoms with Crippen molar-refractivity contribution in [2.24, 2.45) is 5.73 Å². The molecular weight excluding hydrogens is 440 g/mol. The third kappa shape index (κ3) is 6.41. The maximum atomic E-state index is 12.5. The van der Waals surface area contributed by atoms with Crippen LogP contribution in [0.4, 0.5) is 0 Å². The van der Waals surface area contributed by atoms with Gasteiger partial charge in [0.05, 0.1) is 17.2 Å². The van der Waals surface area contributed by atoms with Gasteiger partial charge in [-0.2, -0.15) is 0 Å². The summed E-state index contributed by atoms with van der Waals surface area (Å²) in [5, 5.41) is 11.4. The Kier molecular flexibility index (Phi) is 9.88. The first-order chi connectivity index (χ1) is 15.2. The Morgan fingerprint density at radius 1 is 1.41 bits per heavy atom. The molecule has 172 valence electrons. The summed E-state index contributed by atoms with van der Waals surface area (Å²) in [5.41, 5.74) is 10.2. The van der Waals surface area contributed by atoms with Crippen molar-refractivity contribution in [1.29, 1.82) is 0 Å². The second-order valence-corrected chi connectivity index (χ2v) is 9.50. The number of allylic oxidation sites excluding steroid dienone is 9. The summed E-state index contributed by atoms with van der Waals surface area (Å²) in [4.78, 5) is 13.4. The fourth-order valence-electron chi connectivity index (χ4n) is 3.79. The zero-order valence-corrected chi connectivity index (χ0v) is 20.9. The third-order valence-electron chi connectivity index (χ3n) is 5.24. The van der Waals surface area contributed by atoms with Crippen LogP contribution < -0.4 is 5.73 Å². The number of primary amides is 1. The van der Waals surface area contributed by atoms with Crippen LogP contribution in [-0.2, 0) is 6.54 Å². The van der Waals surface area contributed by atoms with E-state index in [4.69, 9.17) is 17.3 Å². The van der Waals surface area contributed by atoms with E-state index in [2.05, 4.69) is 25.0 Å². The van der Waals surface area contributed by atoms with Gasteiger partial charge in [-0.3, -0.25) is 4.79 Å². The number of nitrogens with two attached hydrogens (primary N) is 1. The van der Waals surface area contributed by atoms with Gasteiger partial charge in [-0.15, -0.1) is 0 Å². The standard InChI is InChI=1S/C26H33ClN2O2S/c1-6-9-19(10-7-2)15-29-18(5)24(25(28)31)23(17(3)4)26(29)32-22-13-20(16-30)11-8-12-21(27)14-22/h6-7,9-10,12-14,17,30H,1,8,11,15-16H2,2-5H3,(H2,28,31)/b10-7-,19-9+,20-13+,21-12+,22-14+. The second-order valence-electron chi connectivity index (χ2n) is 8.00. The number of hydrogen-bond donors (Lipinski definition) is 2. The molecule has 2 rings (SSSR count). The summed E-state index contributed by atoms with van der Waals surface area (Å²) in [6.45, 7) is 12.4. The third-order valence-corrected chi connectivity index (χ3v) is 6.61. The Morgan fingerprint density at radius 2 is 2.12 bits per heavy atom. The molecule has 1 amide bonds. The van der Waals surface area contributed by atoms with Crippen molar-refractivity contribution in [3.8, 4) is 0 Å². The molecule has 4 nitrogen and oxygen atoms in total. The number of amides is 1. The minimum absolute atomic E-state index is 0.000484. The van der Waals surface area contributed by atoms with E-state index in [1.807, 2.05) is 50.3 Å². The molecule has 0 radical (unpaired) electrons. The number of halogens is 1. The number of carbonyl (C=O) groups is 1. The average molecular weight is 473 g/mol. The van der Waals surface area contributed by atoms with Crippen molar-refractivity contribution in [1.82, 2.24) is 4.57 Å². The fraction of sp³-hybridized carbons (Fsp3) is 0.346. The van der Waals surface area contributed by atoms with Crippen LogP contribution in [0.1, 0.15) is 61.1 Å². The lowest BCUT2D eigenvalue weighted by molar-refractivity contribution is 0.0998. The van der Waals surface area contributed by atoms with E-state index in [9.17, 15) is 9.90 Å². The molecule has 1 aromatic heterocycles. The van der Waals surface area contributed by atoms with Crippen LogP contribution in [0.25, 0.3) is 0 Å². The zero-order valence-electron chi connectivity index (χ0n) is 19.3. The molecule has 1 heterocycles. The van der Waals surface area contributed by atoms with E-state index in [0.717, 1.165) is 45.2 Å². The van der Waals surface area contributed by atoms with E-state index < -0.39 is 5.91 Å². The van der Waals surface area contributed by atoms with Gasteiger partial charge in [-0.1, -0.05) is 74.2 Å². The van der Waals surface area contributed by atoms with Crippen molar-refractivity contribution in [2.45, 2.75) is 58.0 Å². The van der Waals surface area contributed by atoms with Crippen LogP contribution in [0.3, 0.4) is 0 Å². The molecule has 0 bridgehead atoms. The molecule has 0 saturated heterocycles. The van der Waals surface area contributed by atoms with Crippen molar-refractivity contribution in [3.05, 3.63) is 87.0 Å². The molecule has 0 saturated carbocycles. The Labute approximate surface area is 200 Å². The van der Waals surface area contributed by atoms with Gasteiger partial charge >= 0.3 is 0 Å². The lowest BCUT2D eigenvalue weighted by Crippen LogP contribution is -2.15. The SMILES string of the molecule is C=C/C=C(\C=C/C)Cn1c(C)c(C(N)=O)c(C(C)C)c1SC1=C/C(Cl)=C\CC/C(CO)=C\1. The molecule has 1 aliphatic rings. The lowest BCUT2D eigenvalue weighted by Gasteiger charge is -2.16. The number of aliphatic hydroxyl groups excluding tert-OH is 1. The molecule has 1 aromatic rings. The smallest absolute Gasteiger partial charge is 0.250 e. The highest BCUT2D eigenvalue weighted by Crippen LogP contribution is 2.41. The number of aliphatic hydroxyl groups is 1. The monoisotopic (exact) mass is 472 g/mol. The highest BCUT2D eigenvalue weighted by molar-refractivity contribution is 8.03. The van der Waals surface area contributed by atoms with E-state index in [0.29, 0.717) is 17.1 Å². The van der Waals surface area contributed by atoms with Gasteiger partial charge in [0.1, 0.15) is 0 Å². The Hall–Kier alpha value is -2.21. The summed E-state index contributed by atoms with van der Waals surface area (Å²) < 4.78 is 2.14. The summed E-state index contributed by atoms with van der Waals surface area (Å²) >= 11 is 7.96. The van der Waals surface area contributed by atoms with Gasteiger partial charge < -0.3 is 15.4 Å². The van der Waals surface area contributed by atoms with Crippen molar-refractivity contribution >= 4 is 29.3 Å².